The molecule has 1 aromatic heterocycles. The van der Waals surface area contributed by atoms with Crippen LogP contribution in [-0.4, -0.2) is 0 Å². The minimum absolute atomic E-state index is 0.737. The van der Waals surface area contributed by atoms with Gasteiger partial charge < -0.3 is 4.42 Å². The Morgan fingerprint density at radius 2 is 2.18 bits per heavy atom. The largest absolute Gasteiger partial charge is 0.466 e. The van der Waals surface area contributed by atoms with Gasteiger partial charge in [0.1, 0.15) is 11.5 Å². The fourth-order valence-electron chi connectivity index (χ4n) is 1.08. The molecule has 1 atom stereocenters. The normalized spacial score (nSPS) is 13.4. The maximum atomic E-state index is 5.46. The van der Waals surface area contributed by atoms with E-state index in [0.29, 0.717) is 0 Å². The van der Waals surface area contributed by atoms with Crippen LogP contribution in [0.25, 0.3) is 0 Å². The minimum atomic E-state index is 0.737. The van der Waals surface area contributed by atoms with Gasteiger partial charge in [0, 0.05) is 6.42 Å². The zero-order chi connectivity index (χ0) is 8.27. The van der Waals surface area contributed by atoms with Crippen molar-refractivity contribution >= 4 is 0 Å². The fourth-order valence-corrected chi connectivity index (χ4v) is 1.08. The van der Waals surface area contributed by atoms with Crippen LogP contribution in [0.5, 0.6) is 0 Å². The lowest BCUT2D eigenvalue weighted by Gasteiger charge is -2.03. The first-order chi connectivity index (χ1) is 5.22. The SMILES string of the molecule is CCC(C)Cc1ccc(C)o1. The highest BCUT2D eigenvalue weighted by Crippen LogP contribution is 2.13. The maximum Gasteiger partial charge on any atom is 0.104 e. The first-order valence-electron chi connectivity index (χ1n) is 4.27. The monoisotopic (exact) mass is 152 g/mol. The molecule has 62 valence electrons. The average molecular weight is 152 g/mol. The molecule has 1 heteroatoms. The van der Waals surface area contributed by atoms with Gasteiger partial charge in [0.15, 0.2) is 0 Å². The zero-order valence-electron chi connectivity index (χ0n) is 7.55. The van der Waals surface area contributed by atoms with Crippen molar-refractivity contribution in [3.8, 4) is 0 Å². The Bertz CT molecular complexity index is 212. The molecule has 0 amide bonds. The third-order valence-electron chi connectivity index (χ3n) is 2.04. The van der Waals surface area contributed by atoms with Crippen LogP contribution in [-0.2, 0) is 6.42 Å². The number of hydrogen-bond acceptors (Lipinski definition) is 1. The van der Waals surface area contributed by atoms with Crippen LogP contribution in [0.3, 0.4) is 0 Å². The van der Waals surface area contributed by atoms with Crippen LogP contribution in [0.2, 0.25) is 0 Å². The van der Waals surface area contributed by atoms with Gasteiger partial charge in [-0.3, -0.25) is 0 Å². The quantitative estimate of drug-likeness (QED) is 0.648. The molecule has 0 fully saturated rings. The number of furan rings is 1. The van der Waals surface area contributed by atoms with Gasteiger partial charge in [-0.05, 0) is 25.0 Å². The highest BCUT2D eigenvalue weighted by molar-refractivity contribution is 5.05. The van der Waals surface area contributed by atoms with Crippen molar-refractivity contribution in [1.82, 2.24) is 0 Å². The molecule has 1 aromatic rings. The summed E-state index contributed by atoms with van der Waals surface area (Å²) in [6, 6.07) is 4.10. The number of aryl methyl sites for hydroxylation is 1. The Kier molecular flexibility index (Phi) is 2.75. The van der Waals surface area contributed by atoms with Crippen molar-refractivity contribution in [1.29, 1.82) is 0 Å². The van der Waals surface area contributed by atoms with Gasteiger partial charge in [-0.25, -0.2) is 0 Å². The van der Waals surface area contributed by atoms with E-state index in [4.69, 9.17) is 4.42 Å². The van der Waals surface area contributed by atoms with Crippen LogP contribution >= 0.6 is 0 Å². The molecule has 11 heavy (non-hydrogen) atoms. The van der Waals surface area contributed by atoms with Gasteiger partial charge in [0.05, 0.1) is 0 Å². The smallest absolute Gasteiger partial charge is 0.104 e. The van der Waals surface area contributed by atoms with Crippen LogP contribution in [0, 0.1) is 12.8 Å². The Morgan fingerprint density at radius 3 is 2.64 bits per heavy atom. The molecule has 0 spiro atoms. The lowest BCUT2D eigenvalue weighted by molar-refractivity contribution is 0.435. The molecular weight excluding hydrogens is 136 g/mol. The molecule has 1 nitrogen and oxygen atoms in total. The summed E-state index contributed by atoms with van der Waals surface area (Å²) in [7, 11) is 0. The van der Waals surface area contributed by atoms with E-state index >= 15 is 0 Å². The molecule has 0 aliphatic carbocycles. The van der Waals surface area contributed by atoms with Crippen molar-refractivity contribution in [3.63, 3.8) is 0 Å². The molecule has 0 bridgehead atoms. The average Bonchev–Trinajstić information content (AvgIpc) is 2.35. The lowest BCUT2D eigenvalue weighted by atomic mass is 10.0. The van der Waals surface area contributed by atoms with Crippen LogP contribution < -0.4 is 0 Å². The summed E-state index contributed by atoms with van der Waals surface area (Å²) in [6.45, 7) is 6.44. The lowest BCUT2D eigenvalue weighted by Crippen LogP contribution is -1.95. The van der Waals surface area contributed by atoms with Gasteiger partial charge in [-0.2, -0.15) is 0 Å². The van der Waals surface area contributed by atoms with Crippen molar-refractivity contribution < 1.29 is 4.42 Å². The van der Waals surface area contributed by atoms with Crippen LogP contribution in [0.4, 0.5) is 0 Å². The maximum absolute atomic E-state index is 5.46. The third-order valence-corrected chi connectivity index (χ3v) is 2.04. The first-order valence-corrected chi connectivity index (χ1v) is 4.27. The molecule has 1 unspecified atom stereocenters. The summed E-state index contributed by atoms with van der Waals surface area (Å²) in [5, 5.41) is 0. The topological polar surface area (TPSA) is 13.1 Å². The van der Waals surface area contributed by atoms with Crippen molar-refractivity contribution in [2.45, 2.75) is 33.6 Å². The van der Waals surface area contributed by atoms with E-state index in [1.165, 1.54) is 6.42 Å². The van der Waals surface area contributed by atoms with Gasteiger partial charge >= 0.3 is 0 Å². The summed E-state index contributed by atoms with van der Waals surface area (Å²) in [5.41, 5.74) is 0. The predicted molar refractivity (Wildman–Crippen MR) is 46.6 cm³/mol. The van der Waals surface area contributed by atoms with Gasteiger partial charge in [-0.15, -0.1) is 0 Å². The summed E-state index contributed by atoms with van der Waals surface area (Å²) >= 11 is 0. The van der Waals surface area contributed by atoms with Crippen molar-refractivity contribution in [2.75, 3.05) is 0 Å². The predicted octanol–water partition coefficient (Wildman–Crippen LogP) is 3.18. The van der Waals surface area contributed by atoms with E-state index in [9.17, 15) is 0 Å². The van der Waals surface area contributed by atoms with Crippen molar-refractivity contribution in [2.24, 2.45) is 5.92 Å². The summed E-state index contributed by atoms with van der Waals surface area (Å²) in [4.78, 5) is 0. The molecule has 0 radical (unpaired) electrons. The minimum Gasteiger partial charge on any atom is -0.466 e. The molecule has 1 rings (SSSR count). The van der Waals surface area contributed by atoms with E-state index in [2.05, 4.69) is 19.9 Å². The van der Waals surface area contributed by atoms with Crippen molar-refractivity contribution in [3.05, 3.63) is 23.7 Å². The van der Waals surface area contributed by atoms with E-state index in [1.807, 2.05) is 13.0 Å². The Balaban J connectivity index is 2.50. The van der Waals surface area contributed by atoms with E-state index < -0.39 is 0 Å². The second-order valence-corrected chi connectivity index (χ2v) is 3.23. The molecule has 0 aliphatic heterocycles. The molecular formula is C10H16O. The Labute approximate surface area is 68.4 Å². The number of hydrogen-bond donors (Lipinski definition) is 0. The molecule has 0 aliphatic rings. The second-order valence-electron chi connectivity index (χ2n) is 3.23. The second kappa shape index (κ2) is 3.61. The summed E-state index contributed by atoms with van der Waals surface area (Å²) < 4.78 is 5.46. The van der Waals surface area contributed by atoms with E-state index in [0.717, 1.165) is 23.9 Å². The van der Waals surface area contributed by atoms with Crippen LogP contribution in [0.1, 0.15) is 31.8 Å². The van der Waals surface area contributed by atoms with Gasteiger partial charge in [-0.1, -0.05) is 20.3 Å². The zero-order valence-corrected chi connectivity index (χ0v) is 7.55. The van der Waals surface area contributed by atoms with Gasteiger partial charge in [0.25, 0.3) is 0 Å². The fraction of sp³-hybridized carbons (Fsp3) is 0.600. The molecule has 0 aromatic carbocycles. The Hall–Kier alpha value is -0.720. The molecule has 0 saturated heterocycles. The van der Waals surface area contributed by atoms with Gasteiger partial charge in [0.2, 0.25) is 0 Å². The highest BCUT2D eigenvalue weighted by Gasteiger charge is 2.03. The Morgan fingerprint density at radius 1 is 1.45 bits per heavy atom. The molecule has 1 heterocycles. The third kappa shape index (κ3) is 2.41. The summed E-state index contributed by atoms with van der Waals surface area (Å²) in [6.07, 6.45) is 2.30. The standard InChI is InChI=1S/C10H16O/c1-4-8(2)7-10-6-5-9(3)11-10/h5-6,8H,4,7H2,1-3H3. The highest BCUT2D eigenvalue weighted by atomic mass is 16.3. The number of rotatable bonds is 3. The van der Waals surface area contributed by atoms with Crippen LogP contribution in [0.15, 0.2) is 16.5 Å². The first kappa shape index (κ1) is 8.38. The molecule has 0 saturated carbocycles. The molecule has 0 N–H and O–H groups in total. The van der Waals surface area contributed by atoms with E-state index in [-0.39, 0.29) is 0 Å². The van der Waals surface area contributed by atoms with E-state index in [1.54, 1.807) is 0 Å². The summed E-state index contributed by atoms with van der Waals surface area (Å²) in [5.74, 6) is 2.88.